The monoisotopic (exact) mass is 971 g/mol. The number of aliphatic hydroxyl groups excluding tert-OH is 2. The van der Waals surface area contributed by atoms with Crippen LogP contribution in [0.15, 0.2) is 120 Å². The molecule has 0 aromatic heterocycles. The number of hydrogen-bond donors (Lipinski definition) is 2. The van der Waals surface area contributed by atoms with Gasteiger partial charge in [0.05, 0.1) is 18.2 Å². The molecular formula is C61H79FN2O7. The molecule has 1 saturated carbocycles. The number of aryl methyl sites for hydroxylation is 2. The SMILES string of the molecule is C=CCO[C@@]12Oc3ccc(Oc4ccc(C)c(C)c4)cc3[C@H]3[C@H](CCCCO)[C@@H](CCCCO)C=C(C(=NOCc4ccccc4)C[C@@H]1N(Cc1ccc(F)cc1)C(=O)CCCCCCCCCCC)[C@H]32. The summed E-state index contributed by atoms with van der Waals surface area (Å²) in [5, 5.41) is 25.2. The van der Waals surface area contributed by atoms with E-state index in [2.05, 4.69) is 51.6 Å². The van der Waals surface area contributed by atoms with E-state index in [9.17, 15) is 14.6 Å². The molecule has 3 aliphatic rings. The second-order valence-corrected chi connectivity index (χ2v) is 20.1. The van der Waals surface area contributed by atoms with Gasteiger partial charge in [0.25, 0.3) is 0 Å². The first-order valence-corrected chi connectivity index (χ1v) is 26.7. The maximum Gasteiger partial charge on any atom is 0.239 e. The minimum Gasteiger partial charge on any atom is -0.459 e. The van der Waals surface area contributed by atoms with Gasteiger partial charge in [-0.15, -0.1) is 6.58 Å². The van der Waals surface area contributed by atoms with Gasteiger partial charge in [-0.05, 0) is 128 Å². The number of rotatable bonds is 29. The molecule has 1 fully saturated rings. The Hall–Kier alpha value is -5.29. The summed E-state index contributed by atoms with van der Waals surface area (Å²) in [6.07, 6.45) is 19.5. The van der Waals surface area contributed by atoms with Crippen molar-refractivity contribution in [3.63, 3.8) is 0 Å². The molecule has 4 aromatic rings. The van der Waals surface area contributed by atoms with Crippen LogP contribution in [-0.2, 0) is 27.5 Å². The molecule has 2 N–H and O–H groups in total. The Morgan fingerprint density at radius 2 is 1.51 bits per heavy atom. The van der Waals surface area contributed by atoms with Gasteiger partial charge in [0.2, 0.25) is 11.7 Å². The maximum atomic E-state index is 15.3. The van der Waals surface area contributed by atoms with Gasteiger partial charge in [-0.1, -0.05) is 137 Å². The molecule has 2 aliphatic carbocycles. The number of nitrogens with zero attached hydrogens (tertiary/aromatic N) is 2. The fourth-order valence-electron chi connectivity index (χ4n) is 11.3. The third-order valence-corrected chi connectivity index (χ3v) is 15.1. The van der Waals surface area contributed by atoms with E-state index >= 15 is 4.79 Å². The standard InChI is InChI=1S/C61H79FN2O7/c1-5-7-8-9-10-11-12-13-17-26-58(67)64(42-46-28-30-49(62)31-29-46)57-41-55(63-69-43-47-22-15-14-16-23-47)53-39-48(24-18-20-35-65)52(25-19-21-36-66)59-54-40-51(70-50-32-27-44(3)45(4)38-50)33-34-56(54)71-61(57,60(53)59)68-37-6-2/h6,14-16,22-23,27-34,38-40,48,52,57,59-60,65-66H,2,5,7-13,17-21,24-26,35-37,41-43H2,1,3-4H3/t48-,52+,57-,59+,60+,61+/m0/s1. The number of aliphatic hydroxyl groups is 2. The summed E-state index contributed by atoms with van der Waals surface area (Å²) in [5.74, 6) is -0.291. The van der Waals surface area contributed by atoms with Crippen molar-refractivity contribution in [3.8, 4) is 17.2 Å². The molecule has 1 heterocycles. The first-order valence-electron chi connectivity index (χ1n) is 26.7. The molecule has 0 spiro atoms. The quantitative estimate of drug-likeness (QED) is 0.0317. The van der Waals surface area contributed by atoms with E-state index < -0.39 is 17.7 Å². The molecule has 6 atom stereocenters. The number of benzene rings is 4. The number of carbonyl (C=O) groups is 1. The summed E-state index contributed by atoms with van der Waals surface area (Å²) in [7, 11) is 0. The molecule has 71 heavy (non-hydrogen) atoms. The van der Waals surface area contributed by atoms with Crippen LogP contribution in [0.1, 0.15) is 150 Å². The second kappa shape index (κ2) is 27.0. The number of amides is 1. The van der Waals surface area contributed by atoms with Crippen LogP contribution in [0.25, 0.3) is 0 Å². The van der Waals surface area contributed by atoms with Crippen molar-refractivity contribution in [2.24, 2.45) is 22.9 Å². The summed E-state index contributed by atoms with van der Waals surface area (Å²) in [6.45, 7) is 11.3. The van der Waals surface area contributed by atoms with Gasteiger partial charge in [0, 0.05) is 44.1 Å². The Morgan fingerprint density at radius 1 is 0.817 bits per heavy atom. The molecule has 0 bridgehead atoms. The summed E-state index contributed by atoms with van der Waals surface area (Å²) >= 11 is 0. The van der Waals surface area contributed by atoms with Gasteiger partial charge in [0.15, 0.2) is 0 Å². The highest BCUT2D eigenvalue weighted by molar-refractivity contribution is 6.03. The van der Waals surface area contributed by atoms with E-state index in [0.29, 0.717) is 30.8 Å². The number of unbranched alkanes of at least 4 members (excludes halogenated alkanes) is 10. The lowest BCUT2D eigenvalue weighted by molar-refractivity contribution is -0.258. The lowest BCUT2D eigenvalue weighted by Crippen LogP contribution is -2.70. The highest BCUT2D eigenvalue weighted by Crippen LogP contribution is 2.62. The normalized spacial score (nSPS) is 21.7. The van der Waals surface area contributed by atoms with Gasteiger partial charge in [0.1, 0.15) is 35.7 Å². The summed E-state index contributed by atoms with van der Waals surface area (Å²) in [6, 6.07) is 27.9. The molecule has 9 nitrogen and oxygen atoms in total. The fraction of sp³-hybridized carbons (Fsp3) is 0.508. The average Bonchev–Trinajstić information content (AvgIpc) is 3.37. The van der Waals surface area contributed by atoms with Crippen LogP contribution >= 0.6 is 0 Å². The molecule has 0 unspecified atom stereocenters. The molecule has 1 amide bonds. The predicted octanol–water partition coefficient (Wildman–Crippen LogP) is 14.0. The number of hydrogen-bond acceptors (Lipinski definition) is 8. The zero-order valence-corrected chi connectivity index (χ0v) is 42.7. The molecule has 4 aromatic carbocycles. The second-order valence-electron chi connectivity index (χ2n) is 20.1. The first kappa shape index (κ1) is 53.5. The van der Waals surface area contributed by atoms with E-state index in [0.717, 1.165) is 90.7 Å². The summed E-state index contributed by atoms with van der Waals surface area (Å²) < 4.78 is 36.0. The highest BCUT2D eigenvalue weighted by Gasteiger charge is 2.65. The Kier molecular flexibility index (Phi) is 20.3. The van der Waals surface area contributed by atoms with Crippen LogP contribution < -0.4 is 9.47 Å². The number of halogens is 1. The van der Waals surface area contributed by atoms with Gasteiger partial charge >= 0.3 is 0 Å². The topological polar surface area (TPSA) is 110 Å². The Balaban J connectivity index is 1.38. The van der Waals surface area contributed by atoms with Crippen LogP contribution in [0.5, 0.6) is 17.2 Å². The third kappa shape index (κ3) is 13.8. The minimum atomic E-state index is -1.42. The minimum absolute atomic E-state index is 0.0268. The van der Waals surface area contributed by atoms with Crippen molar-refractivity contribution in [1.29, 1.82) is 0 Å². The van der Waals surface area contributed by atoms with Crippen molar-refractivity contribution in [3.05, 3.63) is 149 Å². The van der Waals surface area contributed by atoms with Crippen LogP contribution in [0.3, 0.4) is 0 Å². The molecule has 1 aliphatic heterocycles. The van der Waals surface area contributed by atoms with Crippen LogP contribution in [0.2, 0.25) is 0 Å². The van der Waals surface area contributed by atoms with Crippen molar-refractivity contribution >= 4 is 11.6 Å². The molecule has 7 rings (SSSR count). The Morgan fingerprint density at radius 3 is 2.21 bits per heavy atom. The smallest absolute Gasteiger partial charge is 0.239 e. The third-order valence-electron chi connectivity index (χ3n) is 15.1. The first-order chi connectivity index (χ1) is 34.7. The van der Waals surface area contributed by atoms with E-state index in [-0.39, 0.29) is 68.9 Å². The average molecular weight is 971 g/mol. The number of allylic oxidation sites excluding steroid dienone is 1. The number of carbonyl (C=O) groups excluding carboxylic acids is 1. The van der Waals surface area contributed by atoms with Crippen LogP contribution in [-0.4, -0.2) is 58.4 Å². The van der Waals surface area contributed by atoms with Crippen molar-refractivity contribution in [2.45, 2.75) is 161 Å². The van der Waals surface area contributed by atoms with Gasteiger partial charge in [-0.25, -0.2) is 4.39 Å². The molecule has 382 valence electrons. The number of oxime groups is 1. The van der Waals surface area contributed by atoms with Crippen molar-refractivity contribution < 1.29 is 38.4 Å². The highest BCUT2D eigenvalue weighted by atomic mass is 19.1. The number of fused-ring (bicyclic) bond motifs is 2. The fourth-order valence-corrected chi connectivity index (χ4v) is 11.3. The van der Waals surface area contributed by atoms with Gasteiger partial charge in [-0.2, -0.15) is 0 Å². The van der Waals surface area contributed by atoms with Crippen molar-refractivity contribution in [2.75, 3.05) is 19.8 Å². The zero-order valence-electron chi connectivity index (χ0n) is 42.7. The molecule has 0 saturated heterocycles. The lowest BCUT2D eigenvalue weighted by Gasteiger charge is -2.60. The largest absolute Gasteiger partial charge is 0.459 e. The van der Waals surface area contributed by atoms with E-state index in [1.54, 1.807) is 18.2 Å². The maximum absolute atomic E-state index is 15.3. The van der Waals surface area contributed by atoms with E-state index in [1.807, 2.05) is 53.4 Å². The summed E-state index contributed by atoms with van der Waals surface area (Å²) in [4.78, 5) is 23.5. The molecule has 0 radical (unpaired) electrons. The zero-order chi connectivity index (χ0) is 50.0. The lowest BCUT2D eigenvalue weighted by atomic mass is 9.55. The summed E-state index contributed by atoms with van der Waals surface area (Å²) in [5.41, 5.74) is 6.78. The Labute approximate surface area is 423 Å². The molecule has 10 heteroatoms. The predicted molar refractivity (Wildman–Crippen MR) is 281 cm³/mol. The van der Waals surface area contributed by atoms with Gasteiger partial charge < -0.3 is 34.2 Å². The Bertz CT molecular complexity index is 2370. The van der Waals surface area contributed by atoms with Crippen molar-refractivity contribution in [1.82, 2.24) is 4.90 Å². The number of ether oxygens (including phenoxy) is 3. The van der Waals surface area contributed by atoms with E-state index in [4.69, 9.17) is 24.2 Å². The van der Waals surface area contributed by atoms with E-state index in [1.165, 1.54) is 49.8 Å². The van der Waals surface area contributed by atoms with Crippen LogP contribution in [0, 0.1) is 37.4 Å². The van der Waals surface area contributed by atoms with Crippen LogP contribution in [0.4, 0.5) is 4.39 Å². The van der Waals surface area contributed by atoms with Gasteiger partial charge in [-0.3, -0.25) is 4.79 Å². The molecular weight excluding hydrogens is 892 g/mol.